The highest BCUT2D eigenvalue weighted by atomic mass is 28.4. The van der Waals surface area contributed by atoms with Gasteiger partial charge in [-0.15, -0.1) is 0 Å². The highest BCUT2D eigenvalue weighted by molar-refractivity contribution is 6.80. The van der Waals surface area contributed by atoms with Gasteiger partial charge in [0.2, 0.25) is 0 Å². The summed E-state index contributed by atoms with van der Waals surface area (Å²) in [7, 11) is -4.41. The Hall–Kier alpha value is -0.826. The van der Waals surface area contributed by atoms with E-state index in [9.17, 15) is 9.59 Å². The molecule has 2 unspecified atom stereocenters. The zero-order valence-corrected chi connectivity index (χ0v) is 19.0. The Kier molecular flexibility index (Phi) is 5.34. The van der Waals surface area contributed by atoms with E-state index in [0.717, 1.165) is 17.9 Å². The van der Waals surface area contributed by atoms with Gasteiger partial charge in [-0.25, -0.2) is 4.79 Å². The summed E-state index contributed by atoms with van der Waals surface area (Å²) in [5.41, 5.74) is -1.52. The van der Waals surface area contributed by atoms with Crippen molar-refractivity contribution in [3.8, 4) is 0 Å². The second kappa shape index (κ2) is 6.90. The van der Waals surface area contributed by atoms with Crippen LogP contribution in [0, 0.1) is 0 Å². The van der Waals surface area contributed by atoms with Crippen LogP contribution in [0.1, 0.15) is 33.6 Å². The minimum absolute atomic E-state index is 0.0590. The van der Waals surface area contributed by atoms with Crippen molar-refractivity contribution in [3.63, 3.8) is 0 Å². The number of rotatable bonds is 8. The van der Waals surface area contributed by atoms with Gasteiger partial charge in [-0.2, -0.15) is 19.6 Å². The fraction of sp³-hybridized carbons (Fsp3) is 0.875. The fourth-order valence-corrected chi connectivity index (χ4v) is 10.4. The molecule has 0 spiro atoms. The molecule has 2 atom stereocenters. The zero-order valence-electron chi connectivity index (χ0n) is 17.0. The number of amides is 2. The van der Waals surface area contributed by atoms with Gasteiger partial charge in [-0.05, 0) is 26.3 Å². The van der Waals surface area contributed by atoms with Gasteiger partial charge in [0, 0.05) is 19.9 Å². The maximum atomic E-state index is 12.5. The highest BCUT2D eigenvalue weighted by Crippen LogP contribution is 2.54. The standard InChI is InChI=1S/C16H30N2O7Si2/c1-12(19)21-27(15(2)22-23-15,16(3)24-25-16)11-7-9-17-14(20)18-10-8-13(18)26(4,5)6/h13H,7-11H2,1-6H3,(H,17,20)/p+1. The summed E-state index contributed by atoms with van der Waals surface area (Å²) in [6, 6.07) is 0.552. The zero-order chi connectivity index (χ0) is 20.1. The summed E-state index contributed by atoms with van der Waals surface area (Å²) >= 11 is 0. The van der Waals surface area contributed by atoms with Gasteiger partial charge in [-0.3, -0.25) is 9.69 Å². The number of urea groups is 1. The minimum atomic E-state index is -3.07. The first kappa shape index (κ1) is 20.9. The maximum absolute atomic E-state index is 12.5. The molecule has 11 heteroatoms. The van der Waals surface area contributed by atoms with Crippen molar-refractivity contribution in [1.82, 2.24) is 5.32 Å². The molecular weight excluding hydrogens is 388 g/mol. The summed E-state index contributed by atoms with van der Waals surface area (Å²) in [6.07, 6.45) is 1.74. The molecule has 3 fully saturated rings. The van der Waals surface area contributed by atoms with E-state index in [2.05, 4.69) is 25.0 Å². The summed E-state index contributed by atoms with van der Waals surface area (Å²) in [5, 5.41) is 3.02. The third-order valence-electron chi connectivity index (χ3n) is 5.90. The van der Waals surface area contributed by atoms with Crippen molar-refractivity contribution in [2.75, 3.05) is 13.1 Å². The van der Waals surface area contributed by atoms with E-state index in [4.69, 9.17) is 24.0 Å². The van der Waals surface area contributed by atoms with Crippen LogP contribution < -0.4 is 10.2 Å². The van der Waals surface area contributed by atoms with E-state index in [-0.39, 0.29) is 6.03 Å². The first-order chi connectivity index (χ1) is 12.4. The largest absolute Gasteiger partial charge is 0.507 e. The Bertz CT molecular complexity index is 598. The SMILES string of the molecule is CC(=O)O[Si](CCCNC(=O)[NH+]1CCC1[Si](C)(C)C)(C1(C)OO1)C1(C)OO1. The number of likely N-dealkylation sites (tertiary alicyclic amines) is 1. The highest BCUT2D eigenvalue weighted by Gasteiger charge is 2.82. The van der Waals surface area contributed by atoms with E-state index in [1.807, 2.05) is 0 Å². The van der Waals surface area contributed by atoms with Crippen molar-refractivity contribution >= 4 is 28.4 Å². The Morgan fingerprint density at radius 3 is 2.07 bits per heavy atom. The van der Waals surface area contributed by atoms with Gasteiger partial charge < -0.3 is 9.74 Å². The van der Waals surface area contributed by atoms with E-state index >= 15 is 0 Å². The molecule has 3 aliphatic rings. The molecule has 0 aliphatic carbocycles. The van der Waals surface area contributed by atoms with Crippen LogP contribution in [0.3, 0.4) is 0 Å². The molecule has 154 valence electrons. The van der Waals surface area contributed by atoms with E-state index in [1.54, 1.807) is 13.8 Å². The fourth-order valence-electron chi connectivity index (χ4n) is 4.06. The van der Waals surface area contributed by atoms with Crippen LogP contribution >= 0.6 is 0 Å². The van der Waals surface area contributed by atoms with Gasteiger partial charge in [0.15, 0.2) is 0 Å². The summed E-state index contributed by atoms with van der Waals surface area (Å²) in [4.78, 5) is 45.9. The van der Waals surface area contributed by atoms with Gasteiger partial charge in [0.25, 0.3) is 16.8 Å². The molecule has 3 saturated heterocycles. The Morgan fingerprint density at radius 1 is 1.15 bits per heavy atom. The molecule has 3 rings (SSSR count). The van der Waals surface area contributed by atoms with Crippen molar-refractivity contribution in [2.24, 2.45) is 0 Å². The first-order valence-electron chi connectivity index (χ1n) is 9.51. The van der Waals surface area contributed by atoms with Crippen molar-refractivity contribution in [1.29, 1.82) is 0 Å². The van der Waals surface area contributed by atoms with Gasteiger partial charge in [0.05, 0.1) is 12.2 Å². The van der Waals surface area contributed by atoms with Crippen LogP contribution in [-0.4, -0.2) is 58.0 Å². The quantitative estimate of drug-likeness (QED) is 0.256. The lowest BCUT2D eigenvalue weighted by Gasteiger charge is -2.41. The maximum Gasteiger partial charge on any atom is 0.414 e. The van der Waals surface area contributed by atoms with Crippen LogP contribution in [0.25, 0.3) is 0 Å². The van der Waals surface area contributed by atoms with Crippen molar-refractivity contribution in [2.45, 2.75) is 75.8 Å². The van der Waals surface area contributed by atoms with Crippen LogP contribution in [0.2, 0.25) is 25.7 Å². The summed E-state index contributed by atoms with van der Waals surface area (Å²) in [6.45, 7) is 13.1. The molecule has 0 aromatic heterocycles. The third-order valence-corrected chi connectivity index (χ3v) is 13.6. The lowest BCUT2D eigenvalue weighted by atomic mass is 10.2. The monoisotopic (exact) mass is 419 g/mol. The molecule has 0 saturated carbocycles. The minimum Gasteiger partial charge on any atom is -0.507 e. The topological polar surface area (TPSA) is 110 Å². The smallest absolute Gasteiger partial charge is 0.414 e. The molecule has 0 radical (unpaired) electrons. The molecule has 27 heavy (non-hydrogen) atoms. The lowest BCUT2D eigenvalue weighted by Crippen LogP contribution is -3.27. The third kappa shape index (κ3) is 3.86. The molecule has 2 N–H and O–H groups in total. The number of hydrogen-bond donors (Lipinski definition) is 2. The predicted molar refractivity (Wildman–Crippen MR) is 99.1 cm³/mol. The normalized spacial score (nSPS) is 28.1. The van der Waals surface area contributed by atoms with Crippen molar-refractivity contribution in [3.05, 3.63) is 0 Å². The van der Waals surface area contributed by atoms with Crippen LogP contribution in [0.4, 0.5) is 4.79 Å². The van der Waals surface area contributed by atoms with Gasteiger partial charge in [0.1, 0.15) is 8.07 Å². The van der Waals surface area contributed by atoms with E-state index in [0.29, 0.717) is 24.7 Å². The van der Waals surface area contributed by atoms with Crippen LogP contribution in [-0.2, 0) is 28.8 Å². The van der Waals surface area contributed by atoms with Gasteiger partial charge in [-0.1, -0.05) is 19.6 Å². The Labute approximate surface area is 161 Å². The van der Waals surface area contributed by atoms with Crippen LogP contribution in [0.5, 0.6) is 0 Å². The summed E-state index contributed by atoms with van der Waals surface area (Å²) in [5.74, 6) is -0.422. The van der Waals surface area contributed by atoms with Crippen LogP contribution in [0.15, 0.2) is 0 Å². The van der Waals surface area contributed by atoms with E-state index < -0.39 is 33.2 Å². The molecule has 3 aliphatic heterocycles. The average molecular weight is 420 g/mol. The number of hydrogen-bond acceptors (Lipinski definition) is 7. The molecule has 3 heterocycles. The second-order valence-corrected chi connectivity index (χ2v) is 18.6. The Balaban J connectivity index is 1.56. The van der Waals surface area contributed by atoms with Gasteiger partial charge >= 0.3 is 14.3 Å². The van der Waals surface area contributed by atoms with E-state index in [1.165, 1.54) is 6.92 Å². The lowest BCUT2D eigenvalue weighted by molar-refractivity contribution is -0.875. The summed E-state index contributed by atoms with van der Waals surface area (Å²) < 4.78 is 5.73. The number of nitrogens with one attached hydrogen (secondary N) is 2. The molecule has 2 amide bonds. The second-order valence-electron chi connectivity index (χ2n) is 8.99. The predicted octanol–water partition coefficient (Wildman–Crippen LogP) is 0.564. The molecule has 0 bridgehead atoms. The molecule has 0 aromatic carbocycles. The van der Waals surface area contributed by atoms with Crippen molar-refractivity contribution < 1.29 is 38.5 Å². The molecule has 0 aromatic rings. The number of carbonyl (C=O) groups excluding carboxylic acids is 2. The molecule has 9 nitrogen and oxygen atoms in total. The molecular formula is C16H31N2O7Si2+. The Morgan fingerprint density at radius 2 is 1.70 bits per heavy atom. The average Bonchev–Trinajstić information content (AvgIpc) is 3.39. The first-order valence-corrected chi connectivity index (χ1v) is 15.2. The number of carbonyl (C=O) groups is 2. The number of quaternary nitrogens is 1.